The predicted molar refractivity (Wildman–Crippen MR) is 69.5 cm³/mol. The fourth-order valence-corrected chi connectivity index (χ4v) is 1.50. The zero-order valence-corrected chi connectivity index (χ0v) is 11.1. The standard InChI is InChI=1S/C14H19NO3/c1-4-18-13(16)7-8-15-14(17)12-6-5-10(2)11(3)9-12/h5-6,9H,4,7-8H2,1-3H3,(H,15,17). The highest BCUT2D eigenvalue weighted by Crippen LogP contribution is 2.09. The topological polar surface area (TPSA) is 55.4 Å². The minimum Gasteiger partial charge on any atom is -0.466 e. The number of ether oxygens (including phenoxy) is 1. The summed E-state index contributed by atoms with van der Waals surface area (Å²) >= 11 is 0. The highest BCUT2D eigenvalue weighted by atomic mass is 16.5. The number of aryl methyl sites for hydroxylation is 2. The molecule has 1 amide bonds. The number of esters is 1. The Morgan fingerprint density at radius 3 is 2.56 bits per heavy atom. The molecule has 1 aromatic carbocycles. The van der Waals surface area contributed by atoms with Crippen LogP contribution >= 0.6 is 0 Å². The van der Waals surface area contributed by atoms with Gasteiger partial charge in [-0.2, -0.15) is 0 Å². The third-order valence-electron chi connectivity index (χ3n) is 2.69. The largest absolute Gasteiger partial charge is 0.466 e. The third-order valence-corrected chi connectivity index (χ3v) is 2.69. The molecule has 0 radical (unpaired) electrons. The highest BCUT2D eigenvalue weighted by Gasteiger charge is 2.07. The van der Waals surface area contributed by atoms with Crippen LogP contribution in [0.4, 0.5) is 0 Å². The average molecular weight is 249 g/mol. The van der Waals surface area contributed by atoms with Crippen molar-refractivity contribution in [1.82, 2.24) is 5.32 Å². The van der Waals surface area contributed by atoms with E-state index >= 15 is 0 Å². The molecule has 98 valence electrons. The molecule has 0 atom stereocenters. The van der Waals surface area contributed by atoms with Crippen LogP contribution in [0.1, 0.15) is 34.8 Å². The van der Waals surface area contributed by atoms with Gasteiger partial charge in [0.25, 0.3) is 5.91 Å². The first-order valence-corrected chi connectivity index (χ1v) is 6.05. The minimum absolute atomic E-state index is 0.164. The van der Waals surface area contributed by atoms with Crippen molar-refractivity contribution >= 4 is 11.9 Å². The molecular formula is C14H19NO3. The van der Waals surface area contributed by atoms with Crippen molar-refractivity contribution in [2.24, 2.45) is 0 Å². The number of carbonyl (C=O) groups is 2. The Balaban J connectivity index is 2.45. The lowest BCUT2D eigenvalue weighted by atomic mass is 10.1. The summed E-state index contributed by atoms with van der Waals surface area (Å²) in [4.78, 5) is 22.9. The zero-order valence-electron chi connectivity index (χ0n) is 11.1. The molecule has 0 aliphatic carbocycles. The van der Waals surface area contributed by atoms with E-state index < -0.39 is 0 Å². The van der Waals surface area contributed by atoms with Crippen LogP contribution in [0.3, 0.4) is 0 Å². The summed E-state index contributed by atoms with van der Waals surface area (Å²) in [5, 5.41) is 2.70. The summed E-state index contributed by atoms with van der Waals surface area (Å²) in [5.41, 5.74) is 2.84. The van der Waals surface area contributed by atoms with Gasteiger partial charge in [0.2, 0.25) is 0 Å². The van der Waals surface area contributed by atoms with E-state index in [2.05, 4.69) is 5.32 Å². The van der Waals surface area contributed by atoms with E-state index in [0.717, 1.165) is 11.1 Å². The van der Waals surface area contributed by atoms with E-state index in [0.29, 0.717) is 18.7 Å². The van der Waals surface area contributed by atoms with E-state index in [1.165, 1.54) is 0 Å². The zero-order chi connectivity index (χ0) is 13.5. The number of nitrogens with one attached hydrogen (secondary N) is 1. The van der Waals surface area contributed by atoms with Crippen LogP contribution in [0.15, 0.2) is 18.2 Å². The van der Waals surface area contributed by atoms with E-state index in [-0.39, 0.29) is 18.3 Å². The van der Waals surface area contributed by atoms with Crippen LogP contribution in [-0.2, 0) is 9.53 Å². The molecule has 0 unspecified atom stereocenters. The Kier molecular flexibility index (Phi) is 5.36. The summed E-state index contributed by atoms with van der Waals surface area (Å²) in [6.45, 7) is 6.38. The monoisotopic (exact) mass is 249 g/mol. The van der Waals surface area contributed by atoms with Gasteiger partial charge in [0.05, 0.1) is 13.0 Å². The molecule has 0 heterocycles. The van der Waals surface area contributed by atoms with Crippen molar-refractivity contribution in [2.75, 3.05) is 13.2 Å². The Morgan fingerprint density at radius 2 is 1.94 bits per heavy atom. The highest BCUT2D eigenvalue weighted by molar-refractivity contribution is 5.94. The summed E-state index contributed by atoms with van der Waals surface area (Å²) < 4.78 is 4.77. The molecular weight excluding hydrogens is 230 g/mol. The quantitative estimate of drug-likeness (QED) is 0.812. The Morgan fingerprint density at radius 1 is 1.22 bits per heavy atom. The van der Waals surface area contributed by atoms with Crippen LogP contribution < -0.4 is 5.32 Å². The van der Waals surface area contributed by atoms with Crippen molar-refractivity contribution < 1.29 is 14.3 Å². The van der Waals surface area contributed by atoms with Gasteiger partial charge in [-0.25, -0.2) is 0 Å². The smallest absolute Gasteiger partial charge is 0.307 e. The number of hydrogen-bond donors (Lipinski definition) is 1. The molecule has 0 aliphatic rings. The van der Waals surface area contributed by atoms with Gasteiger partial charge in [0, 0.05) is 12.1 Å². The van der Waals surface area contributed by atoms with Crippen LogP contribution in [0.5, 0.6) is 0 Å². The second-order valence-corrected chi connectivity index (χ2v) is 4.11. The molecule has 18 heavy (non-hydrogen) atoms. The summed E-state index contributed by atoms with van der Waals surface area (Å²) in [6, 6.07) is 5.53. The van der Waals surface area contributed by atoms with Crippen LogP contribution in [-0.4, -0.2) is 25.0 Å². The Labute approximate surface area is 107 Å². The molecule has 0 spiro atoms. The second-order valence-electron chi connectivity index (χ2n) is 4.11. The molecule has 0 aromatic heterocycles. The van der Waals surface area contributed by atoms with Gasteiger partial charge in [-0.15, -0.1) is 0 Å². The Hall–Kier alpha value is -1.84. The van der Waals surface area contributed by atoms with Crippen LogP contribution in [0, 0.1) is 13.8 Å². The average Bonchev–Trinajstić information content (AvgIpc) is 2.33. The number of amides is 1. The van der Waals surface area contributed by atoms with E-state index in [1.807, 2.05) is 26.0 Å². The van der Waals surface area contributed by atoms with Gasteiger partial charge in [-0.3, -0.25) is 9.59 Å². The fourth-order valence-electron chi connectivity index (χ4n) is 1.50. The minimum atomic E-state index is -0.294. The molecule has 1 N–H and O–H groups in total. The molecule has 0 aliphatic heterocycles. The number of benzene rings is 1. The van der Waals surface area contributed by atoms with Gasteiger partial charge in [-0.05, 0) is 44.0 Å². The third kappa shape index (κ3) is 4.20. The molecule has 1 rings (SSSR count). The van der Waals surface area contributed by atoms with Crippen LogP contribution in [0.25, 0.3) is 0 Å². The number of carbonyl (C=O) groups excluding carboxylic acids is 2. The van der Waals surface area contributed by atoms with Crippen molar-refractivity contribution in [2.45, 2.75) is 27.2 Å². The van der Waals surface area contributed by atoms with Gasteiger partial charge in [0.1, 0.15) is 0 Å². The maximum atomic E-state index is 11.8. The predicted octanol–water partition coefficient (Wildman–Crippen LogP) is 1.99. The summed E-state index contributed by atoms with van der Waals surface area (Å²) in [7, 11) is 0. The summed E-state index contributed by atoms with van der Waals surface area (Å²) in [6.07, 6.45) is 0.199. The molecule has 0 fully saturated rings. The normalized spacial score (nSPS) is 9.94. The van der Waals surface area contributed by atoms with E-state index in [4.69, 9.17) is 4.74 Å². The van der Waals surface area contributed by atoms with Crippen molar-refractivity contribution in [3.05, 3.63) is 34.9 Å². The lowest BCUT2D eigenvalue weighted by molar-refractivity contribution is -0.142. The SMILES string of the molecule is CCOC(=O)CCNC(=O)c1ccc(C)c(C)c1. The molecule has 4 heteroatoms. The molecule has 0 saturated heterocycles. The molecule has 0 saturated carbocycles. The van der Waals surface area contributed by atoms with Crippen molar-refractivity contribution in [3.8, 4) is 0 Å². The van der Waals surface area contributed by atoms with Crippen molar-refractivity contribution in [3.63, 3.8) is 0 Å². The number of hydrogen-bond acceptors (Lipinski definition) is 3. The van der Waals surface area contributed by atoms with Crippen LogP contribution in [0.2, 0.25) is 0 Å². The van der Waals surface area contributed by atoms with Gasteiger partial charge in [0.15, 0.2) is 0 Å². The molecule has 4 nitrogen and oxygen atoms in total. The Bertz CT molecular complexity index is 441. The van der Waals surface area contributed by atoms with E-state index in [1.54, 1.807) is 13.0 Å². The fraction of sp³-hybridized carbons (Fsp3) is 0.429. The van der Waals surface area contributed by atoms with Gasteiger partial charge >= 0.3 is 5.97 Å². The number of rotatable bonds is 5. The maximum absolute atomic E-state index is 11.8. The van der Waals surface area contributed by atoms with Gasteiger partial charge < -0.3 is 10.1 Å². The first-order valence-electron chi connectivity index (χ1n) is 6.05. The lowest BCUT2D eigenvalue weighted by Crippen LogP contribution is -2.26. The first kappa shape index (κ1) is 14.2. The maximum Gasteiger partial charge on any atom is 0.307 e. The van der Waals surface area contributed by atoms with Crippen molar-refractivity contribution in [1.29, 1.82) is 0 Å². The summed E-state index contributed by atoms with van der Waals surface area (Å²) in [5.74, 6) is -0.458. The molecule has 0 bridgehead atoms. The lowest BCUT2D eigenvalue weighted by Gasteiger charge is -2.07. The second kappa shape index (κ2) is 6.79. The molecule has 1 aromatic rings. The van der Waals surface area contributed by atoms with Gasteiger partial charge in [-0.1, -0.05) is 6.07 Å². The van der Waals surface area contributed by atoms with E-state index in [9.17, 15) is 9.59 Å². The first-order chi connectivity index (χ1) is 8.54.